The zero-order valence-electron chi connectivity index (χ0n) is 33.5. The second kappa shape index (κ2) is 13.7. The van der Waals surface area contributed by atoms with Gasteiger partial charge in [0.05, 0.1) is 37.9 Å². The lowest BCUT2D eigenvalue weighted by Crippen LogP contribution is -2.01. The Morgan fingerprint density at radius 2 is 0.862 bits per heavy atom. The van der Waals surface area contributed by atoms with Crippen LogP contribution in [0.15, 0.2) is 140 Å². The van der Waals surface area contributed by atoms with Crippen molar-refractivity contribution < 1.29 is 40.9 Å². The van der Waals surface area contributed by atoms with Crippen LogP contribution in [0, 0.1) is 0 Å². The van der Waals surface area contributed by atoms with Crippen LogP contribution in [0.25, 0.3) is 109 Å². The minimum absolute atomic E-state index is 0.272. The summed E-state index contributed by atoms with van der Waals surface area (Å²) in [4.78, 5) is 15.1. The highest BCUT2D eigenvalue weighted by atomic mass is 32.1. The van der Waals surface area contributed by atoms with Gasteiger partial charge in [-0.05, 0) is 36.4 Å². The minimum Gasteiger partial charge on any atom is -0.504 e. The van der Waals surface area contributed by atoms with Crippen molar-refractivity contribution in [1.82, 2.24) is 24.1 Å². The van der Waals surface area contributed by atoms with Gasteiger partial charge in [0.2, 0.25) is 23.0 Å². The third-order valence-electron chi connectivity index (χ3n) is 12.0. The zero-order valence-corrected chi connectivity index (χ0v) is 34.3. The number of aromatic hydroxyl groups is 8. The molecule has 12 rings (SSSR count). The van der Waals surface area contributed by atoms with Crippen LogP contribution >= 0.6 is 11.3 Å². The third kappa shape index (κ3) is 5.22. The van der Waals surface area contributed by atoms with Gasteiger partial charge in [0.1, 0.15) is 11.0 Å². The van der Waals surface area contributed by atoms with E-state index in [0.29, 0.717) is 33.8 Å². The van der Waals surface area contributed by atoms with Crippen molar-refractivity contribution in [2.45, 2.75) is 0 Å². The van der Waals surface area contributed by atoms with E-state index in [-0.39, 0.29) is 16.7 Å². The van der Waals surface area contributed by atoms with E-state index in [1.54, 1.807) is 23.5 Å². The Bertz CT molecular complexity index is 3860. The van der Waals surface area contributed by atoms with E-state index in [1.165, 1.54) is 4.57 Å². The average Bonchev–Trinajstić information content (AvgIpc) is 4.03. The van der Waals surface area contributed by atoms with Gasteiger partial charge in [0.15, 0.2) is 40.5 Å². The van der Waals surface area contributed by atoms with Crippen LogP contribution < -0.4 is 0 Å². The Kier molecular flexibility index (Phi) is 7.98. The van der Waals surface area contributed by atoms with Crippen molar-refractivity contribution in [2.24, 2.45) is 0 Å². The number of benzene rings is 8. The van der Waals surface area contributed by atoms with E-state index in [4.69, 9.17) is 15.0 Å². The van der Waals surface area contributed by atoms with Crippen LogP contribution in [-0.2, 0) is 0 Å². The molecule has 0 aliphatic rings. The van der Waals surface area contributed by atoms with Crippen molar-refractivity contribution in [1.29, 1.82) is 0 Å². The molecule has 8 aromatic carbocycles. The first-order chi connectivity index (χ1) is 31.6. The smallest absolute Gasteiger partial charge is 0.206 e. The largest absolute Gasteiger partial charge is 0.504 e. The number of thiophene rings is 1. The van der Waals surface area contributed by atoms with Gasteiger partial charge >= 0.3 is 0 Å². The number of aromatic nitrogens is 5. The Hall–Kier alpha value is -9.01. The Labute approximate surface area is 369 Å². The SMILES string of the molecule is Oc1c(O)c(O)c2c(c1O)c1c(O)c(O)c(O)c(O)c1n2-c1cccc2c1c1ccccc1n2-c1ccc(-c2nc(-c3ccccc3)nc(-c3ccccc3)n2)c2c1sc1ccccc12. The zero-order chi connectivity index (χ0) is 44.4. The molecule has 0 fully saturated rings. The summed E-state index contributed by atoms with van der Waals surface area (Å²) in [6.07, 6.45) is 0. The maximum absolute atomic E-state index is 11.5. The highest BCUT2D eigenvalue weighted by Crippen LogP contribution is 2.59. The highest BCUT2D eigenvalue weighted by Gasteiger charge is 2.33. The number of hydrogen-bond donors (Lipinski definition) is 8. The summed E-state index contributed by atoms with van der Waals surface area (Å²) in [6.45, 7) is 0. The molecule has 0 aliphatic carbocycles. The molecule has 4 heterocycles. The molecule has 0 spiro atoms. The average molecular weight is 874 g/mol. The molecule has 0 aliphatic heterocycles. The third-order valence-corrected chi connectivity index (χ3v) is 13.2. The van der Waals surface area contributed by atoms with Gasteiger partial charge in [-0.1, -0.05) is 103 Å². The predicted molar refractivity (Wildman–Crippen MR) is 251 cm³/mol. The Morgan fingerprint density at radius 3 is 1.48 bits per heavy atom. The lowest BCUT2D eigenvalue weighted by Gasteiger charge is -2.15. The maximum Gasteiger partial charge on any atom is 0.206 e. The minimum atomic E-state index is -1.10. The summed E-state index contributed by atoms with van der Waals surface area (Å²) in [5.41, 5.74) is 4.29. The molecule has 0 atom stereocenters. The molecule has 4 aromatic heterocycles. The quantitative estimate of drug-likeness (QED) is 0.0602. The van der Waals surface area contributed by atoms with Crippen molar-refractivity contribution in [3.05, 3.63) is 140 Å². The second-order valence-corrected chi connectivity index (χ2v) is 16.6. The molecule has 314 valence electrons. The maximum atomic E-state index is 11.5. The summed E-state index contributed by atoms with van der Waals surface area (Å²) in [5.74, 6) is -6.52. The molecule has 0 saturated heterocycles. The van der Waals surface area contributed by atoms with Crippen molar-refractivity contribution in [3.8, 4) is 91.5 Å². The normalized spacial score (nSPS) is 11.9. The van der Waals surface area contributed by atoms with Gasteiger partial charge in [-0.15, -0.1) is 11.3 Å². The summed E-state index contributed by atoms with van der Waals surface area (Å²) in [7, 11) is 0. The first-order valence-corrected chi connectivity index (χ1v) is 21.1. The molecule has 65 heavy (non-hydrogen) atoms. The monoisotopic (exact) mass is 873 g/mol. The fraction of sp³-hybridized carbons (Fsp3) is 0. The molecule has 8 N–H and O–H groups in total. The number of phenolic OH excluding ortho intramolecular Hbond substituents is 8. The van der Waals surface area contributed by atoms with Crippen LogP contribution in [0.2, 0.25) is 0 Å². The van der Waals surface area contributed by atoms with E-state index in [9.17, 15) is 40.9 Å². The van der Waals surface area contributed by atoms with E-state index in [0.717, 1.165) is 48.1 Å². The van der Waals surface area contributed by atoms with Crippen molar-refractivity contribution in [3.63, 3.8) is 0 Å². The van der Waals surface area contributed by atoms with Crippen molar-refractivity contribution in [2.75, 3.05) is 0 Å². The number of para-hydroxylation sites is 1. The summed E-state index contributed by atoms with van der Waals surface area (Å²) >= 11 is 1.61. The summed E-state index contributed by atoms with van der Waals surface area (Å²) < 4.78 is 5.31. The van der Waals surface area contributed by atoms with Gasteiger partial charge < -0.3 is 50.0 Å². The molecule has 0 unspecified atom stereocenters. The molecule has 0 saturated carbocycles. The Balaban J connectivity index is 1.18. The summed E-state index contributed by atoms with van der Waals surface area (Å²) in [6, 6.07) is 44.7. The van der Waals surface area contributed by atoms with E-state index < -0.39 is 56.8 Å². The van der Waals surface area contributed by atoms with Gasteiger partial charge in [0, 0.05) is 42.9 Å². The molecule has 14 heteroatoms. The van der Waals surface area contributed by atoms with Crippen molar-refractivity contribution >= 4 is 75.1 Å². The van der Waals surface area contributed by atoms with Crippen LogP contribution in [0.5, 0.6) is 46.0 Å². The topological polar surface area (TPSA) is 210 Å². The predicted octanol–water partition coefficient (Wildman–Crippen LogP) is 11.1. The highest BCUT2D eigenvalue weighted by molar-refractivity contribution is 7.26. The molecular weight excluding hydrogens is 843 g/mol. The second-order valence-electron chi connectivity index (χ2n) is 15.6. The van der Waals surface area contributed by atoms with Gasteiger partial charge in [-0.2, -0.15) is 0 Å². The molecule has 0 amide bonds. The fourth-order valence-corrected chi connectivity index (χ4v) is 10.4. The van der Waals surface area contributed by atoms with Crippen LogP contribution in [0.3, 0.4) is 0 Å². The first kappa shape index (κ1) is 37.7. The van der Waals surface area contributed by atoms with E-state index in [1.807, 2.05) is 115 Å². The van der Waals surface area contributed by atoms with E-state index >= 15 is 0 Å². The van der Waals surface area contributed by atoms with Crippen LogP contribution in [0.4, 0.5) is 0 Å². The molecule has 12 aromatic rings. The van der Waals surface area contributed by atoms with Crippen LogP contribution in [-0.4, -0.2) is 64.9 Å². The molecule has 0 bridgehead atoms. The molecular formula is C51H31N5O8S. The summed E-state index contributed by atoms with van der Waals surface area (Å²) in [5, 5.41) is 91.0. The standard InChI is InChI=1S/C51H31N5O8S/c57-40-36-37-39(43(60)47(64)45(62)41(37)58)56(38(36)42(59)46(63)44(40)61)31-20-11-19-30-35(31)26-16-7-9-18-29(26)55(30)32-23-22-28(34-27-17-8-10-21-33(27)65-48(32)34)51-53-49(24-12-3-1-4-13-24)52-50(54-51)25-14-5-2-6-15-25/h1-23,57-64H. The number of hydrogen-bond acceptors (Lipinski definition) is 12. The van der Waals surface area contributed by atoms with Gasteiger partial charge in [0.25, 0.3) is 0 Å². The lowest BCUT2D eigenvalue weighted by molar-refractivity contribution is 0.350. The fourth-order valence-electron chi connectivity index (χ4n) is 9.18. The first-order valence-electron chi connectivity index (χ1n) is 20.3. The van der Waals surface area contributed by atoms with Gasteiger partial charge in [-0.25, -0.2) is 15.0 Å². The molecule has 0 radical (unpaired) electrons. The number of phenols is 8. The number of rotatable bonds is 5. The number of fused-ring (bicyclic) bond motifs is 9. The molecule has 13 nitrogen and oxygen atoms in total. The van der Waals surface area contributed by atoms with E-state index in [2.05, 4.69) is 16.7 Å². The lowest BCUT2D eigenvalue weighted by atomic mass is 10.0. The van der Waals surface area contributed by atoms with Gasteiger partial charge in [-0.3, -0.25) is 0 Å². The van der Waals surface area contributed by atoms with Crippen LogP contribution in [0.1, 0.15) is 0 Å². The Morgan fingerprint density at radius 1 is 0.354 bits per heavy atom. The number of nitrogens with zero attached hydrogens (tertiary/aromatic N) is 5.